The number of carbonyl (C=O) groups excluding carboxylic acids is 3. The number of hydrogen-bond acceptors (Lipinski definition) is 4. The molecule has 0 spiro atoms. The third-order valence-corrected chi connectivity index (χ3v) is 1.53. The van der Waals surface area contributed by atoms with E-state index in [2.05, 4.69) is 11.7 Å². The summed E-state index contributed by atoms with van der Waals surface area (Å²) in [6.45, 7) is 2.27. The van der Waals surface area contributed by atoms with Crippen LogP contribution in [0.5, 0.6) is 0 Å². The lowest BCUT2D eigenvalue weighted by Gasteiger charge is -1.92. The predicted molar refractivity (Wildman–Crippen MR) is 52.8 cm³/mol. The molecule has 0 rings (SSSR count). The molecule has 0 atom stereocenters. The number of carbonyl (C=O) groups is 3. The highest BCUT2D eigenvalue weighted by molar-refractivity contribution is 6.63. The summed E-state index contributed by atoms with van der Waals surface area (Å²) in [6, 6.07) is 0. The van der Waals surface area contributed by atoms with Gasteiger partial charge in [-0.3, -0.25) is 14.4 Å². The molecule has 4 nitrogen and oxygen atoms in total. The average molecular weight is 223 g/mol. The smallest absolute Gasteiger partial charge is 0.300 e. The molecule has 0 saturated carbocycles. The van der Waals surface area contributed by atoms with E-state index < -0.39 is 0 Å². The minimum atomic E-state index is -0.203. The van der Waals surface area contributed by atoms with E-state index in [1.54, 1.807) is 0 Å². The summed E-state index contributed by atoms with van der Waals surface area (Å²) < 4.78 is 3.47. The Bertz CT molecular complexity index is 153. The van der Waals surface area contributed by atoms with E-state index in [4.69, 9.17) is 21.2 Å². The standard InChI is InChI=1S/C7H13ClO.C2H2O3/c1-2-3-4-5-6-7(8)9;3-1-5-2-4/h2-6H2,1H3;1-2H. The van der Waals surface area contributed by atoms with E-state index in [-0.39, 0.29) is 18.2 Å². The predicted octanol–water partition coefficient (Wildman–Crippen LogP) is 2.04. The van der Waals surface area contributed by atoms with Crippen molar-refractivity contribution in [1.82, 2.24) is 0 Å². The first kappa shape index (κ1) is 15.6. The van der Waals surface area contributed by atoms with Crippen molar-refractivity contribution in [2.75, 3.05) is 0 Å². The summed E-state index contributed by atoms with van der Waals surface area (Å²) in [5.41, 5.74) is 0. The molecule has 82 valence electrons. The third-order valence-electron chi connectivity index (χ3n) is 1.34. The van der Waals surface area contributed by atoms with Gasteiger partial charge in [-0.25, -0.2) is 0 Å². The molecule has 0 heterocycles. The molecule has 0 aromatic heterocycles. The number of rotatable bonds is 7. The number of halogens is 1. The summed E-state index contributed by atoms with van der Waals surface area (Å²) in [6.07, 6.45) is 5.05. The number of ether oxygens (including phenoxy) is 1. The van der Waals surface area contributed by atoms with Gasteiger partial charge in [0.05, 0.1) is 0 Å². The van der Waals surface area contributed by atoms with Crippen molar-refractivity contribution >= 4 is 29.8 Å². The van der Waals surface area contributed by atoms with Gasteiger partial charge in [-0.05, 0) is 18.0 Å². The molecule has 0 fully saturated rings. The van der Waals surface area contributed by atoms with Gasteiger partial charge in [0.1, 0.15) is 0 Å². The minimum absolute atomic E-state index is 0.0625. The highest BCUT2D eigenvalue weighted by Crippen LogP contribution is 2.03. The van der Waals surface area contributed by atoms with Gasteiger partial charge < -0.3 is 4.74 Å². The molecule has 0 bridgehead atoms. The lowest BCUT2D eigenvalue weighted by atomic mass is 10.2. The van der Waals surface area contributed by atoms with Crippen molar-refractivity contribution in [3.63, 3.8) is 0 Å². The van der Waals surface area contributed by atoms with Crippen molar-refractivity contribution in [1.29, 1.82) is 0 Å². The maximum Gasteiger partial charge on any atom is 0.300 e. The minimum Gasteiger partial charge on any atom is -0.398 e. The summed E-state index contributed by atoms with van der Waals surface area (Å²) in [7, 11) is 0. The van der Waals surface area contributed by atoms with Crippen LogP contribution >= 0.6 is 11.6 Å². The van der Waals surface area contributed by atoms with Crippen LogP contribution in [0.4, 0.5) is 0 Å². The maximum absolute atomic E-state index is 10.2. The summed E-state index contributed by atoms with van der Waals surface area (Å²) in [5, 5.41) is -0.203. The molecule has 0 amide bonds. The second-order valence-corrected chi connectivity index (χ2v) is 2.92. The quantitative estimate of drug-likeness (QED) is 0.286. The van der Waals surface area contributed by atoms with Gasteiger partial charge in [-0.1, -0.05) is 26.2 Å². The van der Waals surface area contributed by atoms with Gasteiger partial charge in [-0.15, -0.1) is 0 Å². The molecule has 0 saturated heterocycles. The Labute approximate surface area is 88.6 Å². The molecule has 0 aliphatic heterocycles. The second-order valence-electron chi connectivity index (χ2n) is 2.49. The maximum atomic E-state index is 10.2. The fourth-order valence-electron chi connectivity index (χ4n) is 0.713. The van der Waals surface area contributed by atoms with Crippen LogP contribution in [0.3, 0.4) is 0 Å². The summed E-state index contributed by atoms with van der Waals surface area (Å²) in [4.78, 5) is 28.1. The Morgan fingerprint density at radius 2 is 1.79 bits per heavy atom. The Kier molecular flexibility index (Phi) is 16.3. The van der Waals surface area contributed by atoms with E-state index in [0.29, 0.717) is 6.42 Å². The monoisotopic (exact) mass is 222 g/mol. The van der Waals surface area contributed by atoms with E-state index in [9.17, 15) is 4.79 Å². The fraction of sp³-hybridized carbons (Fsp3) is 0.667. The van der Waals surface area contributed by atoms with Crippen LogP contribution in [0.2, 0.25) is 0 Å². The SMILES string of the molecule is CCCCCCC(=O)Cl.O=COC=O. The van der Waals surface area contributed by atoms with Crippen LogP contribution in [0.1, 0.15) is 39.0 Å². The molecular weight excluding hydrogens is 208 g/mol. The van der Waals surface area contributed by atoms with Gasteiger partial charge >= 0.3 is 12.9 Å². The first-order valence-electron chi connectivity index (χ1n) is 4.40. The summed E-state index contributed by atoms with van der Waals surface area (Å²) in [5.74, 6) is 0. The first-order chi connectivity index (χ1) is 6.68. The average Bonchev–Trinajstić information content (AvgIpc) is 2.15. The van der Waals surface area contributed by atoms with Gasteiger partial charge in [0.2, 0.25) is 5.24 Å². The highest BCUT2D eigenvalue weighted by atomic mass is 35.5. The lowest BCUT2D eigenvalue weighted by Crippen LogP contribution is -1.84. The fourth-order valence-corrected chi connectivity index (χ4v) is 0.847. The highest BCUT2D eigenvalue weighted by Gasteiger charge is 1.93. The normalized spacial score (nSPS) is 8.14. The molecule has 5 heteroatoms. The van der Waals surface area contributed by atoms with Crippen molar-refractivity contribution in [3.8, 4) is 0 Å². The first-order valence-corrected chi connectivity index (χ1v) is 4.77. The zero-order valence-electron chi connectivity index (χ0n) is 8.20. The van der Waals surface area contributed by atoms with Crippen molar-refractivity contribution in [2.45, 2.75) is 39.0 Å². The van der Waals surface area contributed by atoms with E-state index >= 15 is 0 Å². The largest absolute Gasteiger partial charge is 0.398 e. The number of hydrogen-bond donors (Lipinski definition) is 0. The number of unbranched alkanes of at least 4 members (excludes halogenated alkanes) is 3. The van der Waals surface area contributed by atoms with Crippen LogP contribution in [0.25, 0.3) is 0 Å². The lowest BCUT2D eigenvalue weighted by molar-refractivity contribution is -0.141. The van der Waals surface area contributed by atoms with Gasteiger partial charge in [-0.2, -0.15) is 0 Å². The van der Waals surface area contributed by atoms with Crippen LogP contribution in [-0.2, 0) is 19.1 Å². The zero-order chi connectivity index (χ0) is 11.2. The molecule has 14 heavy (non-hydrogen) atoms. The molecular formula is C9H15ClO4. The van der Waals surface area contributed by atoms with E-state index in [1.807, 2.05) is 0 Å². The molecule has 0 aromatic rings. The van der Waals surface area contributed by atoms with E-state index in [1.165, 1.54) is 12.8 Å². The van der Waals surface area contributed by atoms with Crippen LogP contribution < -0.4 is 0 Å². The van der Waals surface area contributed by atoms with Crippen LogP contribution in [0, 0.1) is 0 Å². The van der Waals surface area contributed by atoms with Crippen molar-refractivity contribution in [3.05, 3.63) is 0 Å². The van der Waals surface area contributed by atoms with Crippen LogP contribution in [-0.4, -0.2) is 18.2 Å². The zero-order valence-corrected chi connectivity index (χ0v) is 8.96. The van der Waals surface area contributed by atoms with Crippen LogP contribution in [0.15, 0.2) is 0 Å². The summed E-state index contributed by atoms with van der Waals surface area (Å²) >= 11 is 5.12. The Hall–Kier alpha value is -0.900. The topological polar surface area (TPSA) is 60.4 Å². The molecule has 0 N–H and O–H groups in total. The molecule has 0 aliphatic rings. The van der Waals surface area contributed by atoms with Gasteiger partial charge in [0.25, 0.3) is 0 Å². The van der Waals surface area contributed by atoms with Crippen molar-refractivity contribution < 1.29 is 19.1 Å². The van der Waals surface area contributed by atoms with E-state index in [0.717, 1.165) is 12.8 Å². The Morgan fingerprint density at radius 3 is 2.07 bits per heavy atom. The Balaban J connectivity index is 0. The molecule has 0 aliphatic carbocycles. The molecule has 0 unspecified atom stereocenters. The molecule has 0 radical (unpaired) electrons. The van der Waals surface area contributed by atoms with Crippen molar-refractivity contribution in [2.24, 2.45) is 0 Å². The Morgan fingerprint density at radius 1 is 1.21 bits per heavy atom. The molecule has 0 aromatic carbocycles. The van der Waals surface area contributed by atoms with Gasteiger partial charge in [0, 0.05) is 6.42 Å². The third kappa shape index (κ3) is 22.5. The second kappa shape index (κ2) is 14.6. The van der Waals surface area contributed by atoms with Gasteiger partial charge in [0.15, 0.2) is 0 Å².